The molecule has 0 saturated carbocycles. The van der Waals surface area contributed by atoms with Gasteiger partial charge in [0.25, 0.3) is 0 Å². The third-order valence-corrected chi connectivity index (χ3v) is 9.63. The molecule has 3 amide bonds. The van der Waals surface area contributed by atoms with Gasteiger partial charge in [-0.2, -0.15) is 5.26 Å². The second-order valence-corrected chi connectivity index (χ2v) is 13.3. The van der Waals surface area contributed by atoms with E-state index in [4.69, 9.17) is 9.15 Å². The van der Waals surface area contributed by atoms with Crippen LogP contribution in [-0.2, 0) is 16.0 Å². The Balaban J connectivity index is 1.15. The number of nitrogens with one attached hydrogen (secondary N) is 2. The van der Waals surface area contributed by atoms with Crippen molar-refractivity contribution in [3.8, 4) is 6.07 Å². The van der Waals surface area contributed by atoms with Gasteiger partial charge in [-0.25, -0.2) is 4.79 Å². The van der Waals surface area contributed by atoms with Crippen molar-refractivity contribution >= 4 is 30.0 Å². The minimum absolute atomic E-state index is 0.163. The number of ether oxygens (including phenoxy) is 1. The summed E-state index contributed by atoms with van der Waals surface area (Å²) >= 11 is 0. The quantitative estimate of drug-likeness (QED) is 0.277. The maximum Gasteiger partial charge on any atom is 0.475 e. The summed E-state index contributed by atoms with van der Waals surface area (Å²) in [6.45, 7) is 11.9. The average molecular weight is 609 g/mol. The first kappa shape index (κ1) is 32.3. The Bertz CT molecular complexity index is 1350. The van der Waals surface area contributed by atoms with Crippen molar-refractivity contribution in [2.45, 2.75) is 70.0 Å². The van der Waals surface area contributed by atoms with Crippen LogP contribution in [-0.4, -0.2) is 120 Å². The molecule has 1 aromatic carbocycles. The lowest BCUT2D eigenvalue weighted by Crippen LogP contribution is -2.61. The SMILES string of the molecule is CC(C#N)(CC(C)(C)N1CCN(C2COC2)CC1)C(=O)N1CCC[C@@H]1CNC(=O)N[C@@H](Cc1coc2ccccc12)B(O)O. The Morgan fingerprint density at radius 3 is 2.52 bits per heavy atom. The maximum absolute atomic E-state index is 13.9. The molecule has 0 radical (unpaired) electrons. The summed E-state index contributed by atoms with van der Waals surface area (Å²) in [4.78, 5) is 33.4. The summed E-state index contributed by atoms with van der Waals surface area (Å²) in [6, 6.07) is 9.45. The van der Waals surface area contributed by atoms with Gasteiger partial charge in [0.15, 0.2) is 0 Å². The standard InChI is InChI=1S/C31H45BN6O6/c1-30(2,37-13-11-36(12-14-37)24-18-43-19-24)20-31(3,21-33)28(39)38-10-6-7-23(38)16-34-29(40)35-27(32(41)42)15-22-17-44-26-9-5-4-8-25(22)26/h4-5,8-9,17,23-24,27,41-42H,6-7,10-16,18-20H2,1-3H3,(H2,34,35,40)/t23-,27+,31?/m1/s1. The fourth-order valence-corrected chi connectivity index (χ4v) is 6.99. The number of hydrogen-bond donors (Lipinski definition) is 4. The Kier molecular flexibility index (Phi) is 9.87. The molecule has 5 rings (SSSR count). The number of furan rings is 1. The molecule has 3 saturated heterocycles. The fraction of sp³-hybridized carbons (Fsp3) is 0.645. The first-order valence-electron chi connectivity index (χ1n) is 15.7. The van der Waals surface area contributed by atoms with Crippen molar-refractivity contribution in [1.82, 2.24) is 25.3 Å². The number of urea groups is 1. The molecular formula is C31H45BN6O6. The number of carbonyl (C=O) groups is 2. The molecule has 3 atom stereocenters. The highest BCUT2D eigenvalue weighted by molar-refractivity contribution is 6.43. The van der Waals surface area contributed by atoms with Crippen LogP contribution in [0.2, 0.25) is 0 Å². The zero-order chi connectivity index (χ0) is 31.5. The number of rotatable bonds is 11. The lowest BCUT2D eigenvalue weighted by Gasteiger charge is -2.49. The summed E-state index contributed by atoms with van der Waals surface area (Å²) < 4.78 is 10.9. The van der Waals surface area contributed by atoms with Crippen molar-refractivity contribution < 1.29 is 28.8 Å². The van der Waals surface area contributed by atoms with Crippen LogP contribution in [0.15, 0.2) is 34.9 Å². The first-order chi connectivity index (χ1) is 21.0. The van der Waals surface area contributed by atoms with Crippen LogP contribution < -0.4 is 10.6 Å². The highest BCUT2D eigenvalue weighted by atomic mass is 16.5. The molecule has 13 heteroatoms. The zero-order valence-electron chi connectivity index (χ0n) is 26.0. The summed E-state index contributed by atoms with van der Waals surface area (Å²) in [7, 11) is -1.78. The van der Waals surface area contributed by atoms with E-state index in [1.54, 1.807) is 18.1 Å². The van der Waals surface area contributed by atoms with Crippen LogP contribution in [0.25, 0.3) is 11.0 Å². The molecule has 0 bridgehead atoms. The van der Waals surface area contributed by atoms with Gasteiger partial charge in [0.2, 0.25) is 5.91 Å². The summed E-state index contributed by atoms with van der Waals surface area (Å²) in [5, 5.41) is 36.5. The number of nitriles is 1. The molecule has 3 fully saturated rings. The van der Waals surface area contributed by atoms with E-state index in [0.717, 1.165) is 56.8 Å². The maximum atomic E-state index is 13.9. The van der Waals surface area contributed by atoms with Crippen LogP contribution in [0, 0.1) is 16.7 Å². The van der Waals surface area contributed by atoms with Gasteiger partial charge in [0, 0.05) is 56.2 Å². The monoisotopic (exact) mass is 608 g/mol. The second kappa shape index (κ2) is 13.5. The van der Waals surface area contributed by atoms with Crippen molar-refractivity contribution in [1.29, 1.82) is 5.26 Å². The smallest absolute Gasteiger partial charge is 0.464 e. The predicted molar refractivity (Wildman–Crippen MR) is 165 cm³/mol. The van der Waals surface area contributed by atoms with E-state index in [1.807, 2.05) is 24.3 Å². The molecular weight excluding hydrogens is 563 g/mol. The fourth-order valence-electron chi connectivity index (χ4n) is 6.99. The molecule has 0 aliphatic carbocycles. The number of amides is 3. The van der Waals surface area contributed by atoms with E-state index in [-0.39, 0.29) is 30.5 Å². The molecule has 238 valence electrons. The molecule has 44 heavy (non-hydrogen) atoms. The number of likely N-dealkylation sites (tertiary alicyclic amines) is 1. The van der Waals surface area contributed by atoms with Gasteiger partial charge in [0.1, 0.15) is 11.0 Å². The van der Waals surface area contributed by atoms with E-state index in [2.05, 4.69) is 40.4 Å². The lowest BCUT2D eigenvalue weighted by molar-refractivity contribution is -0.141. The highest BCUT2D eigenvalue weighted by Crippen LogP contribution is 2.36. The van der Waals surface area contributed by atoms with E-state index in [0.29, 0.717) is 31.0 Å². The number of benzene rings is 1. The van der Waals surface area contributed by atoms with E-state index in [1.165, 1.54) is 0 Å². The van der Waals surface area contributed by atoms with Crippen molar-refractivity contribution in [3.63, 3.8) is 0 Å². The molecule has 0 spiro atoms. The number of carbonyl (C=O) groups excluding carboxylic acids is 2. The Hall–Kier alpha value is -3.15. The predicted octanol–water partition coefficient (Wildman–Crippen LogP) is 1.36. The molecule has 2 aromatic rings. The van der Waals surface area contributed by atoms with Gasteiger partial charge < -0.3 is 34.7 Å². The van der Waals surface area contributed by atoms with E-state index < -0.39 is 24.5 Å². The van der Waals surface area contributed by atoms with Crippen LogP contribution in [0.3, 0.4) is 0 Å². The van der Waals surface area contributed by atoms with Crippen LogP contribution in [0.5, 0.6) is 0 Å². The van der Waals surface area contributed by atoms with Gasteiger partial charge in [-0.3, -0.25) is 14.6 Å². The van der Waals surface area contributed by atoms with Crippen LogP contribution in [0.1, 0.15) is 45.6 Å². The van der Waals surface area contributed by atoms with Crippen LogP contribution in [0.4, 0.5) is 4.79 Å². The topological polar surface area (TPSA) is 155 Å². The third kappa shape index (κ3) is 7.05. The van der Waals surface area contributed by atoms with Crippen molar-refractivity contribution in [3.05, 3.63) is 36.1 Å². The lowest BCUT2D eigenvalue weighted by atomic mass is 9.76. The molecule has 4 heterocycles. The van der Waals surface area contributed by atoms with Crippen molar-refractivity contribution in [2.24, 2.45) is 5.41 Å². The van der Waals surface area contributed by atoms with Gasteiger partial charge in [-0.1, -0.05) is 18.2 Å². The van der Waals surface area contributed by atoms with Gasteiger partial charge >= 0.3 is 13.1 Å². The molecule has 1 unspecified atom stereocenters. The number of hydrogen-bond acceptors (Lipinski definition) is 9. The highest BCUT2D eigenvalue weighted by Gasteiger charge is 2.46. The number of fused-ring (bicyclic) bond motifs is 1. The van der Waals surface area contributed by atoms with Gasteiger partial charge in [0.05, 0.1) is 37.5 Å². The van der Waals surface area contributed by atoms with E-state index in [9.17, 15) is 24.9 Å². The minimum atomic E-state index is -1.78. The number of para-hydroxylation sites is 1. The number of piperazine rings is 1. The van der Waals surface area contributed by atoms with Gasteiger partial charge in [-0.05, 0) is 58.1 Å². The number of nitrogens with zero attached hydrogens (tertiary/aromatic N) is 4. The second-order valence-electron chi connectivity index (χ2n) is 13.3. The Labute approximate surface area is 259 Å². The first-order valence-corrected chi connectivity index (χ1v) is 15.7. The minimum Gasteiger partial charge on any atom is -0.464 e. The zero-order valence-corrected chi connectivity index (χ0v) is 26.0. The van der Waals surface area contributed by atoms with Gasteiger partial charge in [-0.15, -0.1) is 0 Å². The normalized spacial score (nSPS) is 22.2. The molecule has 1 aromatic heterocycles. The molecule has 3 aliphatic rings. The Morgan fingerprint density at radius 1 is 1.14 bits per heavy atom. The van der Waals surface area contributed by atoms with Crippen molar-refractivity contribution in [2.75, 3.05) is 52.5 Å². The van der Waals surface area contributed by atoms with E-state index >= 15 is 0 Å². The summed E-state index contributed by atoms with van der Waals surface area (Å²) in [6.07, 6.45) is 3.61. The summed E-state index contributed by atoms with van der Waals surface area (Å²) in [5.74, 6) is -1.18. The molecule has 3 aliphatic heterocycles. The van der Waals surface area contributed by atoms with Crippen LogP contribution >= 0.6 is 0 Å². The molecule has 4 N–H and O–H groups in total. The summed E-state index contributed by atoms with van der Waals surface area (Å²) in [5.41, 5.74) is -0.137. The largest absolute Gasteiger partial charge is 0.475 e. The third-order valence-electron chi connectivity index (χ3n) is 9.63. The Morgan fingerprint density at radius 2 is 1.86 bits per heavy atom. The molecule has 12 nitrogen and oxygen atoms in total. The average Bonchev–Trinajstić information content (AvgIpc) is 3.61.